The van der Waals surface area contributed by atoms with E-state index in [2.05, 4.69) is 27.1 Å². The predicted molar refractivity (Wildman–Crippen MR) is 89.3 cm³/mol. The third-order valence-corrected chi connectivity index (χ3v) is 5.54. The van der Waals surface area contributed by atoms with E-state index in [0.717, 1.165) is 36.6 Å². The molecule has 1 amide bonds. The fourth-order valence-electron chi connectivity index (χ4n) is 2.64. The highest BCUT2D eigenvalue weighted by Gasteiger charge is 2.23. The van der Waals surface area contributed by atoms with Gasteiger partial charge in [0.15, 0.2) is 0 Å². The topological polar surface area (TPSA) is 51.2 Å². The van der Waals surface area contributed by atoms with Gasteiger partial charge in [0.2, 0.25) is 5.91 Å². The van der Waals surface area contributed by atoms with Crippen LogP contribution in [0.2, 0.25) is 0 Å². The summed E-state index contributed by atoms with van der Waals surface area (Å²) < 4.78 is 5.55. The number of nitrogens with one attached hydrogen (secondary N) is 1. The van der Waals surface area contributed by atoms with Crippen LogP contribution in [0.15, 0.2) is 22.2 Å². The number of thiazole rings is 1. The highest BCUT2D eigenvalue weighted by atomic mass is 32.1. The van der Waals surface area contributed by atoms with Crippen LogP contribution in [0.3, 0.4) is 0 Å². The van der Waals surface area contributed by atoms with Gasteiger partial charge in [0.05, 0.1) is 18.6 Å². The number of hydrogen-bond acceptors (Lipinski definition) is 5. The highest BCUT2D eigenvalue weighted by molar-refractivity contribution is 7.09. The van der Waals surface area contributed by atoms with Crippen molar-refractivity contribution in [2.45, 2.75) is 44.8 Å². The first kappa shape index (κ1) is 15.6. The molecule has 0 saturated carbocycles. The third kappa shape index (κ3) is 4.15. The molecule has 1 fully saturated rings. The van der Waals surface area contributed by atoms with Gasteiger partial charge in [-0.05, 0) is 42.2 Å². The minimum Gasteiger partial charge on any atom is -0.378 e. The molecule has 2 aromatic rings. The van der Waals surface area contributed by atoms with E-state index in [1.807, 2.05) is 12.3 Å². The molecule has 6 heteroatoms. The van der Waals surface area contributed by atoms with E-state index in [-0.39, 0.29) is 18.1 Å². The van der Waals surface area contributed by atoms with Crippen LogP contribution in [-0.2, 0) is 16.0 Å². The molecule has 1 aliphatic rings. The van der Waals surface area contributed by atoms with Crippen molar-refractivity contribution in [2.75, 3.05) is 6.61 Å². The fraction of sp³-hybridized carbons (Fsp3) is 0.500. The van der Waals surface area contributed by atoms with Gasteiger partial charge in [-0.1, -0.05) is 0 Å². The smallest absolute Gasteiger partial charge is 0.223 e. The first-order valence-corrected chi connectivity index (χ1v) is 9.37. The van der Waals surface area contributed by atoms with Gasteiger partial charge in [-0.15, -0.1) is 11.3 Å². The molecule has 4 nitrogen and oxygen atoms in total. The molecule has 1 N–H and O–H groups in total. The van der Waals surface area contributed by atoms with Gasteiger partial charge in [-0.2, -0.15) is 11.3 Å². The van der Waals surface area contributed by atoms with Crippen molar-refractivity contribution in [2.24, 2.45) is 0 Å². The Kier molecular flexibility index (Phi) is 5.23. The number of aromatic nitrogens is 1. The van der Waals surface area contributed by atoms with Gasteiger partial charge in [0, 0.05) is 24.1 Å². The highest BCUT2D eigenvalue weighted by Crippen LogP contribution is 2.24. The Morgan fingerprint density at radius 1 is 1.55 bits per heavy atom. The second-order valence-electron chi connectivity index (χ2n) is 5.62. The lowest BCUT2D eigenvalue weighted by molar-refractivity contribution is -0.124. The first-order valence-electron chi connectivity index (χ1n) is 7.55. The minimum atomic E-state index is -0.0535. The molecule has 2 unspecified atom stereocenters. The maximum absolute atomic E-state index is 12.3. The Morgan fingerprint density at radius 3 is 3.09 bits per heavy atom. The lowest BCUT2D eigenvalue weighted by Crippen LogP contribution is -2.32. The van der Waals surface area contributed by atoms with Gasteiger partial charge in [-0.3, -0.25) is 4.79 Å². The molecule has 22 heavy (non-hydrogen) atoms. The average molecular weight is 336 g/mol. The van der Waals surface area contributed by atoms with Crippen LogP contribution < -0.4 is 5.32 Å². The monoisotopic (exact) mass is 336 g/mol. The van der Waals surface area contributed by atoms with Crippen LogP contribution in [0, 0.1) is 6.92 Å². The molecule has 1 saturated heterocycles. The Labute approximate surface area is 138 Å². The standard InChI is InChI=1S/C16H20N2O2S2/c1-11-9-22-16(17-11)14(7-12-4-6-21-10-12)18-15(19)8-13-3-2-5-20-13/h4,6,9-10,13-14H,2-3,5,7-8H2,1H3,(H,18,19). The summed E-state index contributed by atoms with van der Waals surface area (Å²) in [5.74, 6) is 0.0555. The average Bonchev–Trinajstić information content (AvgIpc) is 3.20. The summed E-state index contributed by atoms with van der Waals surface area (Å²) in [4.78, 5) is 16.9. The van der Waals surface area contributed by atoms with Gasteiger partial charge in [0.25, 0.3) is 0 Å². The zero-order valence-corrected chi connectivity index (χ0v) is 14.2. The maximum Gasteiger partial charge on any atom is 0.223 e. The van der Waals surface area contributed by atoms with Crippen molar-refractivity contribution in [3.63, 3.8) is 0 Å². The fourth-order valence-corrected chi connectivity index (χ4v) is 4.17. The summed E-state index contributed by atoms with van der Waals surface area (Å²) in [6.07, 6.45) is 3.36. The van der Waals surface area contributed by atoms with Crippen LogP contribution in [0.1, 0.15) is 41.6 Å². The van der Waals surface area contributed by atoms with Crippen molar-refractivity contribution in [1.82, 2.24) is 10.3 Å². The Morgan fingerprint density at radius 2 is 2.45 bits per heavy atom. The lowest BCUT2D eigenvalue weighted by Gasteiger charge is -2.17. The van der Waals surface area contributed by atoms with Gasteiger partial charge < -0.3 is 10.1 Å². The summed E-state index contributed by atoms with van der Waals surface area (Å²) in [5, 5.41) is 10.3. The quantitative estimate of drug-likeness (QED) is 0.878. The summed E-state index contributed by atoms with van der Waals surface area (Å²) >= 11 is 3.29. The molecular weight excluding hydrogens is 316 g/mol. The lowest BCUT2D eigenvalue weighted by atomic mass is 10.1. The second-order valence-corrected chi connectivity index (χ2v) is 7.29. The van der Waals surface area contributed by atoms with Crippen LogP contribution >= 0.6 is 22.7 Å². The van der Waals surface area contributed by atoms with Crippen LogP contribution in [-0.4, -0.2) is 23.6 Å². The number of carbonyl (C=O) groups is 1. The molecular formula is C16H20N2O2S2. The number of carbonyl (C=O) groups excluding carboxylic acids is 1. The Hall–Kier alpha value is -1.24. The SMILES string of the molecule is Cc1csc(C(Cc2ccsc2)NC(=O)CC2CCCO2)n1. The zero-order chi connectivity index (χ0) is 15.4. The molecule has 118 valence electrons. The van der Waals surface area contributed by atoms with Crippen LogP contribution in [0.5, 0.6) is 0 Å². The van der Waals surface area contributed by atoms with E-state index >= 15 is 0 Å². The van der Waals surface area contributed by atoms with Crippen molar-refractivity contribution in [1.29, 1.82) is 0 Å². The van der Waals surface area contributed by atoms with Crippen molar-refractivity contribution in [3.8, 4) is 0 Å². The molecule has 3 rings (SSSR count). The summed E-state index contributed by atoms with van der Waals surface area (Å²) in [6, 6.07) is 2.05. The van der Waals surface area contributed by atoms with Gasteiger partial charge >= 0.3 is 0 Å². The number of thiophene rings is 1. The minimum absolute atomic E-state index is 0.0535. The number of ether oxygens (including phenoxy) is 1. The van der Waals surface area contributed by atoms with E-state index in [9.17, 15) is 4.79 Å². The van der Waals surface area contributed by atoms with E-state index in [4.69, 9.17) is 4.74 Å². The van der Waals surface area contributed by atoms with Gasteiger partial charge in [-0.25, -0.2) is 4.98 Å². The Bertz CT molecular complexity index is 603. The van der Waals surface area contributed by atoms with Crippen LogP contribution in [0.25, 0.3) is 0 Å². The molecule has 0 radical (unpaired) electrons. The summed E-state index contributed by atoms with van der Waals surface area (Å²) in [7, 11) is 0. The predicted octanol–water partition coefficient (Wildman–Crippen LogP) is 3.48. The molecule has 3 heterocycles. The van der Waals surface area contributed by atoms with E-state index in [1.165, 1.54) is 5.56 Å². The Balaban J connectivity index is 1.66. The molecule has 2 aromatic heterocycles. The van der Waals surface area contributed by atoms with Crippen molar-refractivity contribution < 1.29 is 9.53 Å². The molecule has 0 spiro atoms. The summed E-state index contributed by atoms with van der Waals surface area (Å²) in [6.45, 7) is 2.76. The summed E-state index contributed by atoms with van der Waals surface area (Å²) in [5.41, 5.74) is 2.24. The van der Waals surface area contributed by atoms with Crippen LogP contribution in [0.4, 0.5) is 0 Å². The largest absolute Gasteiger partial charge is 0.378 e. The van der Waals surface area contributed by atoms with Gasteiger partial charge in [0.1, 0.15) is 5.01 Å². The molecule has 1 aliphatic heterocycles. The number of aryl methyl sites for hydroxylation is 1. The number of rotatable bonds is 6. The molecule has 2 atom stereocenters. The van der Waals surface area contributed by atoms with E-state index in [0.29, 0.717) is 6.42 Å². The maximum atomic E-state index is 12.3. The molecule has 0 aliphatic carbocycles. The van der Waals surface area contributed by atoms with Crippen molar-refractivity contribution >= 4 is 28.6 Å². The number of amides is 1. The third-order valence-electron chi connectivity index (χ3n) is 3.73. The van der Waals surface area contributed by atoms with E-state index < -0.39 is 0 Å². The first-order chi connectivity index (χ1) is 10.7. The van der Waals surface area contributed by atoms with E-state index in [1.54, 1.807) is 22.7 Å². The molecule has 0 aromatic carbocycles. The molecule has 0 bridgehead atoms. The normalized spacial score (nSPS) is 19.2. The number of nitrogens with zero attached hydrogens (tertiary/aromatic N) is 1. The second kappa shape index (κ2) is 7.35. The van der Waals surface area contributed by atoms with Crippen molar-refractivity contribution in [3.05, 3.63) is 38.5 Å². The number of hydrogen-bond donors (Lipinski definition) is 1. The zero-order valence-electron chi connectivity index (χ0n) is 12.6.